The van der Waals surface area contributed by atoms with Crippen molar-refractivity contribution in [3.05, 3.63) is 54.1 Å². The second-order valence-corrected chi connectivity index (χ2v) is 5.03. The van der Waals surface area contributed by atoms with E-state index in [9.17, 15) is 9.59 Å². The summed E-state index contributed by atoms with van der Waals surface area (Å²) in [5.74, 6) is 0.238. The molecule has 5 heteroatoms. The monoisotopic (exact) mass is 312 g/mol. The predicted molar refractivity (Wildman–Crippen MR) is 90.9 cm³/mol. The normalized spacial score (nSPS) is 10.0. The molecule has 5 nitrogen and oxygen atoms in total. The fourth-order valence-corrected chi connectivity index (χ4v) is 2.12. The largest absolute Gasteiger partial charge is 0.495 e. The van der Waals surface area contributed by atoms with Crippen LogP contribution in [0, 0.1) is 0 Å². The first kappa shape index (κ1) is 16.5. The van der Waals surface area contributed by atoms with Crippen LogP contribution in [0.2, 0.25) is 0 Å². The third-order valence-electron chi connectivity index (χ3n) is 3.24. The number of benzene rings is 2. The molecule has 0 unspecified atom stereocenters. The van der Waals surface area contributed by atoms with E-state index in [2.05, 4.69) is 10.6 Å². The Kier molecular flexibility index (Phi) is 5.74. The van der Waals surface area contributed by atoms with Gasteiger partial charge in [-0.25, -0.2) is 0 Å². The van der Waals surface area contributed by atoms with Gasteiger partial charge in [-0.2, -0.15) is 0 Å². The fraction of sp³-hybridized carbons (Fsp3) is 0.222. The van der Waals surface area contributed by atoms with Crippen LogP contribution in [-0.2, 0) is 4.79 Å². The van der Waals surface area contributed by atoms with Gasteiger partial charge in [-0.05, 0) is 36.8 Å². The van der Waals surface area contributed by atoms with Crippen molar-refractivity contribution in [3.63, 3.8) is 0 Å². The Morgan fingerprint density at radius 2 is 1.78 bits per heavy atom. The summed E-state index contributed by atoms with van der Waals surface area (Å²) in [6.07, 6.45) is 1.23. The van der Waals surface area contributed by atoms with Crippen LogP contribution in [0.15, 0.2) is 48.5 Å². The van der Waals surface area contributed by atoms with Gasteiger partial charge in [0.15, 0.2) is 0 Å². The molecule has 0 fully saturated rings. The van der Waals surface area contributed by atoms with E-state index in [0.717, 1.165) is 6.42 Å². The molecule has 2 aromatic carbocycles. The van der Waals surface area contributed by atoms with Crippen molar-refractivity contribution in [3.8, 4) is 5.75 Å². The molecule has 0 aliphatic carbocycles. The Morgan fingerprint density at radius 1 is 1.04 bits per heavy atom. The second-order valence-electron chi connectivity index (χ2n) is 5.03. The van der Waals surface area contributed by atoms with Crippen molar-refractivity contribution in [2.24, 2.45) is 0 Å². The molecule has 0 saturated carbocycles. The number of rotatable bonds is 6. The molecule has 0 aliphatic rings. The van der Waals surface area contributed by atoms with E-state index < -0.39 is 0 Å². The maximum atomic E-state index is 12.3. The zero-order chi connectivity index (χ0) is 16.7. The zero-order valence-corrected chi connectivity index (χ0v) is 13.3. The molecule has 0 bridgehead atoms. The second kappa shape index (κ2) is 7.98. The summed E-state index contributed by atoms with van der Waals surface area (Å²) < 4.78 is 5.26. The third-order valence-corrected chi connectivity index (χ3v) is 3.24. The van der Waals surface area contributed by atoms with E-state index in [0.29, 0.717) is 29.1 Å². The van der Waals surface area contributed by atoms with Crippen LogP contribution in [0.25, 0.3) is 0 Å². The fourth-order valence-electron chi connectivity index (χ4n) is 2.12. The lowest BCUT2D eigenvalue weighted by Gasteiger charge is -2.13. The Bertz CT molecular complexity index is 684. The van der Waals surface area contributed by atoms with E-state index in [4.69, 9.17) is 4.74 Å². The molecule has 23 heavy (non-hydrogen) atoms. The van der Waals surface area contributed by atoms with Crippen molar-refractivity contribution in [2.45, 2.75) is 19.8 Å². The number of methoxy groups -OCH3 is 1. The minimum absolute atomic E-state index is 0.0574. The topological polar surface area (TPSA) is 67.4 Å². The van der Waals surface area contributed by atoms with Gasteiger partial charge in [0.2, 0.25) is 5.91 Å². The first-order valence-corrected chi connectivity index (χ1v) is 7.48. The molecule has 0 aromatic heterocycles. The minimum Gasteiger partial charge on any atom is -0.495 e. The molecule has 0 saturated heterocycles. The van der Waals surface area contributed by atoms with Crippen LogP contribution in [-0.4, -0.2) is 18.9 Å². The minimum atomic E-state index is -0.235. The van der Waals surface area contributed by atoms with Gasteiger partial charge in [-0.15, -0.1) is 0 Å². The Hall–Kier alpha value is -2.82. The van der Waals surface area contributed by atoms with Gasteiger partial charge in [-0.1, -0.05) is 25.1 Å². The highest BCUT2D eigenvalue weighted by Crippen LogP contribution is 2.28. The number of hydrogen-bond donors (Lipinski definition) is 2. The van der Waals surface area contributed by atoms with Crippen molar-refractivity contribution in [1.82, 2.24) is 0 Å². The lowest BCUT2D eigenvalue weighted by Crippen LogP contribution is -2.14. The molecule has 0 spiro atoms. The number of nitrogens with one attached hydrogen (secondary N) is 2. The number of amides is 2. The average Bonchev–Trinajstić information content (AvgIpc) is 2.56. The summed E-state index contributed by atoms with van der Waals surface area (Å²) in [6, 6.07) is 14.0. The first-order chi connectivity index (χ1) is 11.1. The number of carbonyl (C=O) groups is 2. The number of hydrogen-bond acceptors (Lipinski definition) is 3. The standard InChI is InChI=1S/C18H20N2O3/c1-3-7-17(21)19-14-10-11-16(23-2)15(12-14)20-18(22)13-8-5-4-6-9-13/h4-6,8-12H,3,7H2,1-2H3,(H,19,21)(H,20,22). The van der Waals surface area contributed by atoms with Crippen LogP contribution < -0.4 is 15.4 Å². The molecule has 2 amide bonds. The molecule has 2 aromatic rings. The molecular formula is C18H20N2O3. The van der Waals surface area contributed by atoms with E-state index >= 15 is 0 Å². The molecule has 0 atom stereocenters. The van der Waals surface area contributed by atoms with E-state index in [-0.39, 0.29) is 11.8 Å². The Balaban J connectivity index is 2.19. The SMILES string of the molecule is CCCC(=O)Nc1ccc(OC)c(NC(=O)c2ccccc2)c1. The highest BCUT2D eigenvalue weighted by molar-refractivity contribution is 6.05. The lowest BCUT2D eigenvalue weighted by molar-refractivity contribution is -0.116. The third kappa shape index (κ3) is 4.57. The number of carbonyl (C=O) groups excluding carboxylic acids is 2. The van der Waals surface area contributed by atoms with Gasteiger partial charge in [0.1, 0.15) is 5.75 Å². The summed E-state index contributed by atoms with van der Waals surface area (Å²) in [4.78, 5) is 24.0. The van der Waals surface area contributed by atoms with Gasteiger partial charge in [0.25, 0.3) is 5.91 Å². The summed E-state index contributed by atoms with van der Waals surface area (Å²) >= 11 is 0. The maximum absolute atomic E-state index is 12.3. The molecule has 120 valence electrons. The van der Waals surface area contributed by atoms with Gasteiger partial charge in [0.05, 0.1) is 12.8 Å². The van der Waals surface area contributed by atoms with Crippen LogP contribution >= 0.6 is 0 Å². The predicted octanol–water partition coefficient (Wildman–Crippen LogP) is 3.69. The van der Waals surface area contributed by atoms with Crippen LogP contribution in [0.1, 0.15) is 30.1 Å². The van der Waals surface area contributed by atoms with E-state index in [1.54, 1.807) is 42.5 Å². The molecule has 0 aliphatic heterocycles. The maximum Gasteiger partial charge on any atom is 0.255 e. The van der Waals surface area contributed by atoms with Crippen molar-refractivity contribution < 1.29 is 14.3 Å². The van der Waals surface area contributed by atoms with Crippen molar-refractivity contribution >= 4 is 23.2 Å². The molecular weight excluding hydrogens is 292 g/mol. The highest BCUT2D eigenvalue weighted by atomic mass is 16.5. The smallest absolute Gasteiger partial charge is 0.255 e. The Morgan fingerprint density at radius 3 is 2.43 bits per heavy atom. The average molecular weight is 312 g/mol. The van der Waals surface area contributed by atoms with Gasteiger partial charge in [-0.3, -0.25) is 9.59 Å². The summed E-state index contributed by atoms with van der Waals surface area (Å²) in [5, 5.41) is 5.61. The number of anilines is 2. The summed E-state index contributed by atoms with van der Waals surface area (Å²) in [7, 11) is 1.53. The molecule has 0 heterocycles. The lowest BCUT2D eigenvalue weighted by atomic mass is 10.2. The number of ether oxygens (including phenoxy) is 1. The van der Waals surface area contributed by atoms with E-state index in [1.807, 2.05) is 13.0 Å². The van der Waals surface area contributed by atoms with Crippen LogP contribution in [0.4, 0.5) is 11.4 Å². The van der Waals surface area contributed by atoms with Gasteiger partial charge < -0.3 is 15.4 Å². The Labute approximate surface area is 135 Å². The van der Waals surface area contributed by atoms with Crippen LogP contribution in [0.5, 0.6) is 5.75 Å². The van der Waals surface area contributed by atoms with Crippen molar-refractivity contribution in [2.75, 3.05) is 17.7 Å². The molecule has 2 N–H and O–H groups in total. The van der Waals surface area contributed by atoms with Crippen molar-refractivity contribution in [1.29, 1.82) is 0 Å². The summed E-state index contributed by atoms with van der Waals surface area (Å²) in [5.41, 5.74) is 1.68. The highest BCUT2D eigenvalue weighted by Gasteiger charge is 2.11. The van der Waals surface area contributed by atoms with Gasteiger partial charge in [0, 0.05) is 17.7 Å². The van der Waals surface area contributed by atoms with E-state index in [1.165, 1.54) is 7.11 Å². The molecule has 2 rings (SSSR count). The quantitative estimate of drug-likeness (QED) is 0.855. The van der Waals surface area contributed by atoms with Crippen LogP contribution in [0.3, 0.4) is 0 Å². The summed E-state index contributed by atoms with van der Waals surface area (Å²) in [6.45, 7) is 1.94. The molecule has 0 radical (unpaired) electrons. The van der Waals surface area contributed by atoms with Gasteiger partial charge >= 0.3 is 0 Å². The first-order valence-electron chi connectivity index (χ1n) is 7.48. The zero-order valence-electron chi connectivity index (χ0n) is 13.3.